The van der Waals surface area contributed by atoms with Gasteiger partial charge in [0.1, 0.15) is 0 Å². The van der Waals surface area contributed by atoms with Crippen molar-refractivity contribution in [3.05, 3.63) is 114 Å². The van der Waals surface area contributed by atoms with Crippen molar-refractivity contribution < 1.29 is 0 Å². The topological polar surface area (TPSA) is 12.4 Å². The van der Waals surface area contributed by atoms with E-state index >= 15 is 0 Å². The van der Waals surface area contributed by atoms with Crippen LogP contribution in [0.2, 0.25) is 0 Å². The Balaban J connectivity index is 1.89. The maximum Gasteiger partial charge on any atom is 0.0778 e. The van der Waals surface area contributed by atoms with Crippen molar-refractivity contribution in [1.29, 1.82) is 0 Å². The van der Waals surface area contributed by atoms with Crippen molar-refractivity contribution in [2.24, 2.45) is 4.99 Å². The molecule has 0 atom stereocenters. The molecule has 28 heavy (non-hydrogen) atoms. The summed E-state index contributed by atoms with van der Waals surface area (Å²) in [6, 6.07) is 29.8. The van der Waals surface area contributed by atoms with Gasteiger partial charge in [-0.2, -0.15) is 0 Å². The van der Waals surface area contributed by atoms with Crippen LogP contribution < -0.4 is 0 Å². The lowest BCUT2D eigenvalue weighted by atomic mass is 9.98. The minimum atomic E-state index is 0.964. The molecule has 0 spiro atoms. The predicted octanol–water partition coefficient (Wildman–Crippen LogP) is 7.64. The van der Waals surface area contributed by atoms with Crippen LogP contribution in [0, 0.1) is 0 Å². The number of hydrogen-bond donors (Lipinski definition) is 0. The Labute approximate surface area is 166 Å². The van der Waals surface area contributed by atoms with Crippen molar-refractivity contribution in [3.8, 4) is 0 Å². The van der Waals surface area contributed by atoms with E-state index < -0.39 is 0 Å². The minimum absolute atomic E-state index is 0.964. The van der Waals surface area contributed by atoms with Crippen LogP contribution in [0.15, 0.2) is 114 Å². The van der Waals surface area contributed by atoms with Crippen LogP contribution in [-0.4, -0.2) is 5.71 Å². The molecule has 0 heterocycles. The summed E-state index contributed by atoms with van der Waals surface area (Å²) < 4.78 is 0. The second-order valence-corrected chi connectivity index (χ2v) is 6.80. The predicted molar refractivity (Wildman–Crippen MR) is 123 cm³/mol. The Bertz CT molecular complexity index is 1230. The normalized spacial score (nSPS) is 12.9. The SMILES string of the molecule is C/C=C\C(=C/C)C(=Nc1ccc2ccccc2c1)c1ccc2ccccc2c1. The van der Waals surface area contributed by atoms with E-state index in [0.29, 0.717) is 0 Å². The Hall–Kier alpha value is -3.45. The van der Waals surface area contributed by atoms with Crippen LogP contribution >= 0.6 is 0 Å². The van der Waals surface area contributed by atoms with Gasteiger partial charge in [0.05, 0.1) is 11.4 Å². The van der Waals surface area contributed by atoms with Gasteiger partial charge in [0, 0.05) is 5.56 Å². The smallest absolute Gasteiger partial charge is 0.0778 e. The minimum Gasteiger partial charge on any atom is -0.248 e. The summed E-state index contributed by atoms with van der Waals surface area (Å²) in [6.07, 6.45) is 6.30. The lowest BCUT2D eigenvalue weighted by molar-refractivity contribution is 1.49. The van der Waals surface area contributed by atoms with E-state index in [-0.39, 0.29) is 0 Å². The van der Waals surface area contributed by atoms with Crippen molar-refractivity contribution in [2.75, 3.05) is 0 Å². The molecule has 4 aromatic rings. The van der Waals surface area contributed by atoms with Crippen LogP contribution in [0.25, 0.3) is 21.5 Å². The van der Waals surface area contributed by atoms with Gasteiger partial charge in [-0.15, -0.1) is 0 Å². The second kappa shape index (κ2) is 8.06. The van der Waals surface area contributed by atoms with Crippen LogP contribution in [0.5, 0.6) is 0 Å². The molecule has 0 amide bonds. The maximum atomic E-state index is 5.07. The van der Waals surface area contributed by atoms with Crippen molar-refractivity contribution in [2.45, 2.75) is 13.8 Å². The third-order valence-corrected chi connectivity index (χ3v) is 4.93. The fraction of sp³-hybridized carbons (Fsp3) is 0.0741. The Morgan fingerprint density at radius 2 is 1.29 bits per heavy atom. The van der Waals surface area contributed by atoms with Gasteiger partial charge >= 0.3 is 0 Å². The van der Waals surface area contributed by atoms with Gasteiger partial charge in [-0.25, -0.2) is 4.99 Å². The fourth-order valence-electron chi connectivity index (χ4n) is 3.50. The first-order chi connectivity index (χ1) is 13.8. The number of aliphatic imine (C=N–C) groups is 1. The largest absolute Gasteiger partial charge is 0.248 e. The molecule has 0 aromatic heterocycles. The maximum absolute atomic E-state index is 5.07. The number of fused-ring (bicyclic) bond motifs is 2. The molecular weight excluding hydrogens is 338 g/mol. The van der Waals surface area contributed by atoms with E-state index in [1.54, 1.807) is 0 Å². The quantitative estimate of drug-likeness (QED) is 0.262. The van der Waals surface area contributed by atoms with Crippen LogP contribution in [0.1, 0.15) is 19.4 Å². The molecule has 0 fully saturated rings. The summed E-state index contributed by atoms with van der Waals surface area (Å²) in [6.45, 7) is 4.10. The molecular formula is C27H23N. The third-order valence-electron chi connectivity index (χ3n) is 4.93. The van der Waals surface area contributed by atoms with Crippen molar-refractivity contribution >= 4 is 32.9 Å². The summed E-state index contributed by atoms with van der Waals surface area (Å²) in [5.41, 5.74) is 4.19. The van der Waals surface area contributed by atoms with E-state index in [1.807, 2.05) is 6.92 Å². The fourth-order valence-corrected chi connectivity index (χ4v) is 3.50. The molecule has 1 nitrogen and oxygen atoms in total. The molecule has 0 unspecified atom stereocenters. The summed E-state index contributed by atoms with van der Waals surface area (Å²) in [7, 11) is 0. The average molecular weight is 361 g/mol. The third kappa shape index (κ3) is 3.65. The van der Waals surface area contributed by atoms with E-state index in [9.17, 15) is 0 Å². The highest BCUT2D eigenvalue weighted by Crippen LogP contribution is 2.25. The number of benzene rings is 4. The molecule has 0 N–H and O–H groups in total. The lowest BCUT2D eigenvalue weighted by Crippen LogP contribution is -2.03. The van der Waals surface area contributed by atoms with Gasteiger partial charge in [-0.05, 0) is 59.2 Å². The van der Waals surface area contributed by atoms with Crippen LogP contribution in [-0.2, 0) is 0 Å². The summed E-state index contributed by atoms with van der Waals surface area (Å²) in [5.74, 6) is 0. The molecule has 4 rings (SSSR count). The number of hydrogen-bond acceptors (Lipinski definition) is 1. The summed E-state index contributed by atoms with van der Waals surface area (Å²) in [5, 5.41) is 4.90. The molecule has 0 aliphatic rings. The van der Waals surface area contributed by atoms with Crippen molar-refractivity contribution in [1.82, 2.24) is 0 Å². The molecule has 0 bridgehead atoms. The number of rotatable bonds is 4. The molecule has 0 aliphatic carbocycles. The van der Waals surface area contributed by atoms with Gasteiger partial charge in [0.15, 0.2) is 0 Å². The molecule has 136 valence electrons. The standard InChI is InChI=1S/C27H23N/c1-3-9-20(4-2)27(25-15-14-21-10-5-7-12-23(21)18-25)28-26-17-16-22-11-6-8-13-24(22)19-26/h3-19H,1-2H3/b9-3-,20-4+,28-27?. The highest BCUT2D eigenvalue weighted by atomic mass is 14.7. The van der Waals surface area contributed by atoms with E-state index in [0.717, 1.165) is 22.5 Å². The summed E-state index contributed by atoms with van der Waals surface area (Å²) >= 11 is 0. The number of allylic oxidation sites excluding steroid dienone is 4. The molecule has 0 radical (unpaired) electrons. The number of nitrogens with zero attached hydrogens (tertiary/aromatic N) is 1. The zero-order chi connectivity index (χ0) is 19.3. The van der Waals surface area contributed by atoms with Crippen LogP contribution in [0.4, 0.5) is 5.69 Å². The Kier molecular flexibility index (Phi) is 5.16. The highest BCUT2D eigenvalue weighted by molar-refractivity contribution is 6.16. The van der Waals surface area contributed by atoms with E-state index in [4.69, 9.17) is 4.99 Å². The molecule has 0 aliphatic heterocycles. The van der Waals surface area contributed by atoms with Crippen LogP contribution in [0.3, 0.4) is 0 Å². The lowest BCUT2D eigenvalue weighted by Gasteiger charge is -2.10. The molecule has 1 heteroatoms. The van der Waals surface area contributed by atoms with Gasteiger partial charge in [-0.3, -0.25) is 0 Å². The monoisotopic (exact) mass is 361 g/mol. The molecule has 4 aromatic carbocycles. The first kappa shape index (κ1) is 17.9. The van der Waals surface area contributed by atoms with Gasteiger partial charge in [-0.1, -0.05) is 85.0 Å². The first-order valence-corrected chi connectivity index (χ1v) is 9.64. The van der Waals surface area contributed by atoms with Gasteiger partial charge in [0.25, 0.3) is 0 Å². The Morgan fingerprint density at radius 3 is 1.93 bits per heavy atom. The van der Waals surface area contributed by atoms with E-state index in [1.165, 1.54) is 21.5 Å². The second-order valence-electron chi connectivity index (χ2n) is 6.80. The first-order valence-electron chi connectivity index (χ1n) is 9.64. The highest BCUT2D eigenvalue weighted by Gasteiger charge is 2.09. The van der Waals surface area contributed by atoms with Crippen molar-refractivity contribution in [3.63, 3.8) is 0 Å². The molecule has 0 saturated heterocycles. The van der Waals surface area contributed by atoms with Gasteiger partial charge < -0.3 is 0 Å². The van der Waals surface area contributed by atoms with Gasteiger partial charge in [0.2, 0.25) is 0 Å². The Morgan fingerprint density at radius 1 is 0.679 bits per heavy atom. The molecule has 0 saturated carbocycles. The zero-order valence-corrected chi connectivity index (χ0v) is 16.3. The summed E-state index contributed by atoms with van der Waals surface area (Å²) in [4.78, 5) is 5.07. The van der Waals surface area contributed by atoms with E-state index in [2.05, 4.69) is 110 Å². The average Bonchev–Trinajstić information content (AvgIpc) is 2.75. The zero-order valence-electron chi connectivity index (χ0n) is 16.3.